The molecule has 0 bridgehead atoms. The van der Waals surface area contributed by atoms with Crippen molar-refractivity contribution in [3.05, 3.63) is 79.1 Å². The lowest BCUT2D eigenvalue weighted by atomic mass is 9.97. The van der Waals surface area contributed by atoms with E-state index in [-0.39, 0.29) is 23.2 Å². The van der Waals surface area contributed by atoms with Gasteiger partial charge in [0.2, 0.25) is 5.76 Å². The van der Waals surface area contributed by atoms with Crippen LogP contribution in [0.1, 0.15) is 51.7 Å². The molecule has 0 aliphatic carbocycles. The molecule has 0 unspecified atom stereocenters. The molecule has 0 saturated carbocycles. The summed E-state index contributed by atoms with van der Waals surface area (Å²) in [5.74, 6) is -0.0904. The number of carbonyl (C=O) groups excluding carboxylic acids is 1. The van der Waals surface area contributed by atoms with Gasteiger partial charge in [-0.15, -0.1) is 0 Å². The minimum atomic E-state index is -0.480. The third-order valence-corrected chi connectivity index (χ3v) is 6.72. The van der Waals surface area contributed by atoms with E-state index in [0.29, 0.717) is 29.7 Å². The molecule has 0 spiro atoms. The number of ether oxygens (including phenoxy) is 1. The third-order valence-electron chi connectivity index (χ3n) is 6.19. The van der Waals surface area contributed by atoms with Crippen molar-refractivity contribution in [3.8, 4) is 0 Å². The normalized spacial score (nSPS) is 20.9. The van der Waals surface area contributed by atoms with Crippen molar-refractivity contribution in [2.24, 2.45) is 0 Å². The van der Waals surface area contributed by atoms with E-state index in [2.05, 4.69) is 15.9 Å². The largest absolute Gasteiger partial charge is 0.450 e. The number of fused-ring (bicyclic) bond motifs is 2. The Balaban J connectivity index is 1.72. The molecule has 0 N–H and O–H groups in total. The summed E-state index contributed by atoms with van der Waals surface area (Å²) < 4.78 is 12.8. The number of halogens is 1. The summed E-state index contributed by atoms with van der Waals surface area (Å²) in [5, 5.41) is 0.519. The average molecular weight is 468 g/mol. The van der Waals surface area contributed by atoms with E-state index in [1.807, 2.05) is 50.2 Å². The van der Waals surface area contributed by atoms with Gasteiger partial charge in [0.25, 0.3) is 5.91 Å². The lowest BCUT2D eigenvalue weighted by molar-refractivity contribution is 0.0486. The first-order valence-corrected chi connectivity index (χ1v) is 11.0. The van der Waals surface area contributed by atoms with Crippen molar-refractivity contribution in [2.75, 3.05) is 13.2 Å². The molecule has 1 amide bonds. The molecule has 1 saturated heterocycles. The molecular weight excluding hydrogens is 446 g/mol. The molecule has 2 aliphatic heterocycles. The monoisotopic (exact) mass is 467 g/mol. The number of carbonyl (C=O) groups is 1. The van der Waals surface area contributed by atoms with Crippen LogP contribution in [-0.2, 0) is 4.74 Å². The van der Waals surface area contributed by atoms with Gasteiger partial charge in [-0.3, -0.25) is 9.59 Å². The van der Waals surface area contributed by atoms with Crippen molar-refractivity contribution in [2.45, 2.75) is 38.8 Å². The summed E-state index contributed by atoms with van der Waals surface area (Å²) in [6.45, 7) is 5.10. The second kappa shape index (κ2) is 7.36. The van der Waals surface area contributed by atoms with Crippen molar-refractivity contribution in [3.63, 3.8) is 0 Å². The molecule has 30 heavy (non-hydrogen) atoms. The summed E-state index contributed by atoms with van der Waals surface area (Å²) in [7, 11) is 0. The van der Waals surface area contributed by atoms with Crippen LogP contribution in [0, 0.1) is 13.8 Å². The maximum absolute atomic E-state index is 13.6. The zero-order chi connectivity index (χ0) is 21.0. The Labute approximate surface area is 182 Å². The Bertz CT molecular complexity index is 1210. The average Bonchev–Trinajstić information content (AvgIpc) is 3.33. The van der Waals surface area contributed by atoms with Crippen LogP contribution in [0.3, 0.4) is 0 Å². The maximum atomic E-state index is 13.6. The molecule has 3 aromatic rings. The van der Waals surface area contributed by atoms with Gasteiger partial charge in [-0.05, 0) is 67.6 Å². The minimum absolute atomic E-state index is 0.0183. The van der Waals surface area contributed by atoms with Crippen LogP contribution in [0.25, 0.3) is 11.0 Å². The Morgan fingerprint density at radius 1 is 1.10 bits per heavy atom. The second-order valence-electron chi connectivity index (χ2n) is 8.15. The first-order valence-electron chi connectivity index (χ1n) is 10.2. The van der Waals surface area contributed by atoms with E-state index in [9.17, 15) is 9.59 Å². The van der Waals surface area contributed by atoms with Crippen LogP contribution in [-0.4, -0.2) is 30.1 Å². The molecule has 5 nitrogen and oxygen atoms in total. The van der Waals surface area contributed by atoms with Crippen molar-refractivity contribution < 1.29 is 13.9 Å². The molecule has 3 heterocycles. The Morgan fingerprint density at radius 2 is 1.83 bits per heavy atom. The van der Waals surface area contributed by atoms with Gasteiger partial charge in [0.1, 0.15) is 5.58 Å². The number of aryl methyl sites for hydroxylation is 2. The molecule has 2 aromatic carbocycles. The van der Waals surface area contributed by atoms with Gasteiger partial charge in [0.15, 0.2) is 5.43 Å². The van der Waals surface area contributed by atoms with Gasteiger partial charge in [-0.2, -0.15) is 0 Å². The van der Waals surface area contributed by atoms with Gasteiger partial charge in [-0.1, -0.05) is 28.1 Å². The molecule has 2 atom stereocenters. The lowest BCUT2D eigenvalue weighted by Crippen LogP contribution is -2.36. The fraction of sp³-hybridized carbons (Fsp3) is 0.333. The third kappa shape index (κ3) is 3.10. The van der Waals surface area contributed by atoms with Crippen LogP contribution < -0.4 is 5.43 Å². The fourth-order valence-corrected chi connectivity index (χ4v) is 4.73. The Morgan fingerprint density at radius 3 is 2.53 bits per heavy atom. The number of hydrogen-bond donors (Lipinski definition) is 0. The van der Waals surface area contributed by atoms with Crippen LogP contribution in [0.15, 0.2) is 50.1 Å². The van der Waals surface area contributed by atoms with Crippen molar-refractivity contribution >= 4 is 32.8 Å². The number of rotatable bonds is 3. The molecule has 154 valence electrons. The molecule has 0 radical (unpaired) electrons. The zero-order valence-corrected chi connectivity index (χ0v) is 18.5. The number of amides is 1. The van der Waals surface area contributed by atoms with Crippen molar-refractivity contribution in [1.82, 2.24) is 4.90 Å². The first kappa shape index (κ1) is 19.5. The van der Waals surface area contributed by atoms with E-state index in [4.69, 9.17) is 9.15 Å². The highest BCUT2D eigenvalue weighted by atomic mass is 79.9. The van der Waals surface area contributed by atoms with Gasteiger partial charge >= 0.3 is 0 Å². The number of nitrogens with zero attached hydrogens (tertiary/aromatic N) is 1. The highest BCUT2D eigenvalue weighted by molar-refractivity contribution is 9.10. The maximum Gasteiger partial charge on any atom is 0.291 e. The zero-order valence-electron chi connectivity index (χ0n) is 16.9. The SMILES string of the molecule is Cc1cc2oc3c(c(=O)c2cc1C)[C@@H](c1ccc(Br)cc1)N(C[C@@H]1CCCO1)C3=O. The molecule has 5 rings (SSSR count). The van der Waals surface area contributed by atoms with Gasteiger partial charge < -0.3 is 14.1 Å². The van der Waals surface area contributed by atoms with Crippen molar-refractivity contribution in [1.29, 1.82) is 0 Å². The molecule has 6 heteroatoms. The summed E-state index contributed by atoms with van der Waals surface area (Å²) in [5.41, 5.74) is 3.69. The molecule has 2 aliphatic rings. The van der Waals surface area contributed by atoms with E-state index < -0.39 is 6.04 Å². The molecule has 1 aromatic heterocycles. The van der Waals surface area contributed by atoms with E-state index in [1.165, 1.54) is 0 Å². The van der Waals surface area contributed by atoms with Crippen LogP contribution in [0.4, 0.5) is 0 Å². The summed E-state index contributed by atoms with van der Waals surface area (Å²) in [6, 6.07) is 11.0. The van der Waals surface area contributed by atoms with E-state index in [0.717, 1.165) is 34.0 Å². The molecule has 1 fully saturated rings. The molecular formula is C24H22BrNO4. The predicted molar refractivity (Wildman–Crippen MR) is 118 cm³/mol. The van der Waals surface area contributed by atoms with E-state index >= 15 is 0 Å². The highest BCUT2D eigenvalue weighted by Crippen LogP contribution is 2.39. The van der Waals surface area contributed by atoms with Gasteiger partial charge in [0.05, 0.1) is 23.1 Å². The standard InChI is InChI=1S/C24H22BrNO4/c1-13-10-18-19(11-14(13)2)30-23-20(22(18)27)21(15-5-7-16(25)8-6-15)26(24(23)28)12-17-4-3-9-29-17/h5-8,10-11,17,21H,3-4,9,12H2,1-2H3/t17-,21+/m0/s1. The highest BCUT2D eigenvalue weighted by Gasteiger charge is 2.43. The fourth-order valence-electron chi connectivity index (χ4n) is 4.46. The lowest BCUT2D eigenvalue weighted by Gasteiger charge is -2.27. The van der Waals surface area contributed by atoms with Gasteiger partial charge in [0, 0.05) is 17.6 Å². The topological polar surface area (TPSA) is 59.8 Å². The predicted octanol–water partition coefficient (Wildman–Crippen LogP) is 4.90. The number of hydrogen-bond acceptors (Lipinski definition) is 4. The quantitative estimate of drug-likeness (QED) is 0.549. The summed E-state index contributed by atoms with van der Waals surface area (Å²) >= 11 is 3.46. The second-order valence-corrected chi connectivity index (χ2v) is 9.07. The van der Waals surface area contributed by atoms with E-state index in [1.54, 1.807) is 4.90 Å². The minimum Gasteiger partial charge on any atom is -0.450 e. The first-order chi connectivity index (χ1) is 14.4. The Hall–Kier alpha value is -2.44. The van der Waals surface area contributed by atoms with Crippen LogP contribution >= 0.6 is 15.9 Å². The Kier molecular flexibility index (Phi) is 4.79. The smallest absolute Gasteiger partial charge is 0.291 e. The summed E-state index contributed by atoms with van der Waals surface area (Å²) in [6.07, 6.45) is 1.88. The number of benzene rings is 2. The van der Waals surface area contributed by atoms with Crippen LogP contribution in [0.5, 0.6) is 0 Å². The van der Waals surface area contributed by atoms with Gasteiger partial charge in [-0.25, -0.2) is 0 Å². The van der Waals surface area contributed by atoms with Crippen LogP contribution in [0.2, 0.25) is 0 Å². The summed E-state index contributed by atoms with van der Waals surface area (Å²) in [4.78, 5) is 28.7.